The average molecular weight is 192 g/mol. The molecule has 1 aliphatic heterocycles. The summed E-state index contributed by atoms with van der Waals surface area (Å²) in [5, 5.41) is 8.82. The molecular weight excluding hydrogens is 172 g/mol. The molecule has 0 aromatic carbocycles. The van der Waals surface area contributed by atoms with Crippen LogP contribution in [0.15, 0.2) is 0 Å². The number of nitriles is 1. The van der Waals surface area contributed by atoms with Gasteiger partial charge in [-0.3, -0.25) is 0 Å². The molecule has 14 heavy (non-hydrogen) atoms. The van der Waals surface area contributed by atoms with Crippen molar-refractivity contribution in [1.82, 2.24) is 4.90 Å². The second-order valence-electron chi connectivity index (χ2n) is 4.73. The van der Waals surface area contributed by atoms with Gasteiger partial charge in [0.1, 0.15) is 0 Å². The second kappa shape index (κ2) is 4.79. The number of piperidine rings is 1. The summed E-state index contributed by atoms with van der Waals surface area (Å²) in [6.45, 7) is 2.34. The highest BCUT2D eigenvalue weighted by Crippen LogP contribution is 2.26. The van der Waals surface area contributed by atoms with Gasteiger partial charge in [0.05, 0.1) is 6.07 Å². The summed E-state index contributed by atoms with van der Waals surface area (Å²) in [6, 6.07) is 3.25. The van der Waals surface area contributed by atoms with Gasteiger partial charge in [-0.05, 0) is 38.8 Å². The van der Waals surface area contributed by atoms with Crippen molar-refractivity contribution in [2.24, 2.45) is 5.92 Å². The van der Waals surface area contributed by atoms with Crippen LogP contribution in [0.2, 0.25) is 0 Å². The Balaban J connectivity index is 1.79. The van der Waals surface area contributed by atoms with Gasteiger partial charge < -0.3 is 4.90 Å². The zero-order valence-electron chi connectivity index (χ0n) is 8.91. The highest BCUT2D eigenvalue weighted by molar-refractivity contribution is 4.89. The van der Waals surface area contributed by atoms with Crippen LogP contribution in [0.5, 0.6) is 0 Å². The van der Waals surface area contributed by atoms with E-state index in [1.54, 1.807) is 0 Å². The van der Waals surface area contributed by atoms with Gasteiger partial charge in [0.25, 0.3) is 0 Å². The minimum Gasteiger partial charge on any atom is -0.300 e. The van der Waals surface area contributed by atoms with E-state index < -0.39 is 0 Å². The fraction of sp³-hybridized carbons (Fsp3) is 0.917. The van der Waals surface area contributed by atoms with Crippen LogP contribution in [0, 0.1) is 17.2 Å². The number of hydrogen-bond acceptors (Lipinski definition) is 2. The molecule has 0 aromatic heterocycles. The molecular formula is C12H20N2. The van der Waals surface area contributed by atoms with Crippen LogP contribution in [-0.2, 0) is 0 Å². The smallest absolute Gasteiger partial charge is 0.0656 e. The number of nitrogens with zero attached hydrogens (tertiary/aromatic N) is 2. The Hall–Kier alpha value is -0.550. The maximum Gasteiger partial charge on any atom is 0.0656 e. The van der Waals surface area contributed by atoms with Gasteiger partial charge in [0.15, 0.2) is 0 Å². The third kappa shape index (κ3) is 2.27. The summed E-state index contributed by atoms with van der Waals surface area (Å²) in [6.07, 6.45) is 9.28. The molecule has 1 aliphatic carbocycles. The first-order valence-electron chi connectivity index (χ1n) is 6.04. The molecule has 78 valence electrons. The third-order valence-corrected chi connectivity index (χ3v) is 3.80. The monoisotopic (exact) mass is 192 g/mol. The molecule has 1 saturated heterocycles. The van der Waals surface area contributed by atoms with Gasteiger partial charge in [-0.2, -0.15) is 5.26 Å². The van der Waals surface area contributed by atoms with Crippen LogP contribution < -0.4 is 0 Å². The Bertz CT molecular complexity index is 205. The highest BCUT2D eigenvalue weighted by atomic mass is 15.2. The van der Waals surface area contributed by atoms with E-state index in [1.807, 2.05) is 0 Å². The number of rotatable bonds is 1. The van der Waals surface area contributed by atoms with Crippen LogP contribution in [-0.4, -0.2) is 24.0 Å². The molecule has 2 rings (SSSR count). The van der Waals surface area contributed by atoms with Crippen molar-refractivity contribution in [3.8, 4) is 6.07 Å². The molecule has 0 bridgehead atoms. The zero-order chi connectivity index (χ0) is 9.80. The lowest BCUT2D eigenvalue weighted by Gasteiger charge is -2.37. The highest BCUT2D eigenvalue weighted by Gasteiger charge is 2.25. The predicted molar refractivity (Wildman–Crippen MR) is 56.8 cm³/mol. The summed E-state index contributed by atoms with van der Waals surface area (Å²) in [5.74, 6) is 0.342. The van der Waals surface area contributed by atoms with Crippen LogP contribution in [0.4, 0.5) is 0 Å². The van der Waals surface area contributed by atoms with E-state index in [2.05, 4.69) is 11.0 Å². The number of likely N-dealkylation sites (tertiary alicyclic amines) is 1. The zero-order valence-corrected chi connectivity index (χ0v) is 8.91. The van der Waals surface area contributed by atoms with Crippen LogP contribution >= 0.6 is 0 Å². The van der Waals surface area contributed by atoms with Crippen LogP contribution in [0.3, 0.4) is 0 Å². The molecule has 1 heterocycles. The second-order valence-corrected chi connectivity index (χ2v) is 4.73. The van der Waals surface area contributed by atoms with E-state index in [0.29, 0.717) is 5.92 Å². The van der Waals surface area contributed by atoms with Crippen molar-refractivity contribution in [3.05, 3.63) is 0 Å². The van der Waals surface area contributed by atoms with Gasteiger partial charge in [-0.15, -0.1) is 0 Å². The Morgan fingerprint density at radius 3 is 2.14 bits per heavy atom. The molecule has 0 atom stereocenters. The summed E-state index contributed by atoms with van der Waals surface area (Å²) in [7, 11) is 0. The molecule has 0 amide bonds. The molecule has 1 saturated carbocycles. The SMILES string of the molecule is N#CC1CCN(C2CCCCC2)CC1. The fourth-order valence-electron chi connectivity index (χ4n) is 2.84. The summed E-state index contributed by atoms with van der Waals surface area (Å²) in [4.78, 5) is 2.63. The topological polar surface area (TPSA) is 27.0 Å². The lowest BCUT2D eigenvalue weighted by atomic mass is 9.91. The van der Waals surface area contributed by atoms with E-state index in [0.717, 1.165) is 18.9 Å². The van der Waals surface area contributed by atoms with Crippen molar-refractivity contribution in [2.45, 2.75) is 51.0 Å². The molecule has 0 radical (unpaired) electrons. The van der Waals surface area contributed by atoms with Crippen LogP contribution in [0.1, 0.15) is 44.9 Å². The maximum atomic E-state index is 8.82. The van der Waals surface area contributed by atoms with E-state index in [4.69, 9.17) is 5.26 Å². The van der Waals surface area contributed by atoms with E-state index >= 15 is 0 Å². The first-order chi connectivity index (χ1) is 6.90. The predicted octanol–water partition coefficient (Wildman–Crippen LogP) is 2.55. The van der Waals surface area contributed by atoms with Gasteiger partial charge in [-0.25, -0.2) is 0 Å². The molecule has 2 nitrogen and oxygen atoms in total. The Morgan fingerprint density at radius 2 is 1.57 bits per heavy atom. The van der Waals surface area contributed by atoms with Gasteiger partial charge in [-0.1, -0.05) is 19.3 Å². The lowest BCUT2D eigenvalue weighted by molar-refractivity contribution is 0.118. The molecule has 2 fully saturated rings. The standard InChI is InChI=1S/C12H20N2/c13-10-11-6-8-14(9-7-11)12-4-2-1-3-5-12/h11-12H,1-9H2. The quantitative estimate of drug-likeness (QED) is 0.638. The first kappa shape index (κ1) is 9.98. The molecule has 0 unspecified atom stereocenters. The van der Waals surface area contributed by atoms with E-state index in [9.17, 15) is 0 Å². The summed E-state index contributed by atoms with van der Waals surface area (Å²) in [5.41, 5.74) is 0. The molecule has 2 heteroatoms. The average Bonchev–Trinajstić information content (AvgIpc) is 2.30. The Kier molecular flexibility index (Phi) is 3.42. The normalized spacial score (nSPS) is 27.4. The lowest BCUT2D eigenvalue weighted by Crippen LogP contribution is -2.42. The summed E-state index contributed by atoms with van der Waals surface area (Å²) < 4.78 is 0. The molecule has 2 aliphatic rings. The molecule has 0 N–H and O–H groups in total. The van der Waals surface area contributed by atoms with Gasteiger partial charge in [0.2, 0.25) is 0 Å². The first-order valence-corrected chi connectivity index (χ1v) is 6.04. The van der Waals surface area contributed by atoms with Crippen molar-refractivity contribution in [1.29, 1.82) is 5.26 Å². The van der Waals surface area contributed by atoms with Crippen molar-refractivity contribution >= 4 is 0 Å². The summed E-state index contributed by atoms with van der Waals surface area (Å²) >= 11 is 0. The third-order valence-electron chi connectivity index (χ3n) is 3.80. The molecule has 0 aromatic rings. The maximum absolute atomic E-state index is 8.82. The number of hydrogen-bond donors (Lipinski definition) is 0. The minimum atomic E-state index is 0.342. The molecule has 0 spiro atoms. The minimum absolute atomic E-state index is 0.342. The van der Waals surface area contributed by atoms with E-state index in [-0.39, 0.29) is 0 Å². The van der Waals surface area contributed by atoms with E-state index in [1.165, 1.54) is 45.2 Å². The van der Waals surface area contributed by atoms with Crippen molar-refractivity contribution in [3.63, 3.8) is 0 Å². The van der Waals surface area contributed by atoms with Crippen molar-refractivity contribution < 1.29 is 0 Å². The largest absolute Gasteiger partial charge is 0.300 e. The van der Waals surface area contributed by atoms with Crippen LogP contribution in [0.25, 0.3) is 0 Å². The van der Waals surface area contributed by atoms with Crippen molar-refractivity contribution in [2.75, 3.05) is 13.1 Å². The fourth-order valence-corrected chi connectivity index (χ4v) is 2.84. The van der Waals surface area contributed by atoms with Gasteiger partial charge >= 0.3 is 0 Å². The Labute approximate surface area is 86.9 Å². The van der Waals surface area contributed by atoms with Gasteiger partial charge in [0, 0.05) is 12.0 Å². The Morgan fingerprint density at radius 1 is 0.929 bits per heavy atom.